The summed E-state index contributed by atoms with van der Waals surface area (Å²) in [5.41, 5.74) is 0. The largest absolute Gasteiger partial charge is 0.544 e. The number of nitrogens with zero attached hydrogens (tertiary/aromatic N) is 1. The van der Waals surface area contributed by atoms with Crippen molar-refractivity contribution in [2.24, 2.45) is 0 Å². The second-order valence-electron chi connectivity index (χ2n) is 5.10. The van der Waals surface area contributed by atoms with E-state index in [1.54, 1.807) is 0 Å². The van der Waals surface area contributed by atoms with E-state index in [2.05, 4.69) is 20.8 Å². The second kappa shape index (κ2) is 9.46. The molecule has 0 aromatic carbocycles. The maximum absolute atomic E-state index is 11.0. The zero-order valence-electron chi connectivity index (χ0n) is 11.8. The quantitative estimate of drug-likeness (QED) is 0.520. The minimum Gasteiger partial charge on any atom is -0.544 e. The maximum atomic E-state index is 11.0. The molecular formula is C14H29NO2. The number of rotatable bonds is 11. The van der Waals surface area contributed by atoms with Crippen LogP contribution in [0.25, 0.3) is 0 Å². The van der Waals surface area contributed by atoms with Crippen LogP contribution in [0, 0.1) is 0 Å². The number of carbonyl (C=O) groups is 1. The average molecular weight is 243 g/mol. The number of unbranched alkanes of at least 4 members (excludes halogenated alkanes) is 3. The SMILES string of the molecule is CCCC[N+](CCCC)(CCCC)CC(=O)[O-]. The van der Waals surface area contributed by atoms with Crippen LogP contribution in [0.15, 0.2) is 0 Å². The Bertz CT molecular complexity index is 183. The van der Waals surface area contributed by atoms with Gasteiger partial charge in [-0.1, -0.05) is 40.0 Å². The lowest BCUT2D eigenvalue weighted by molar-refractivity contribution is -0.923. The predicted octanol–water partition coefficient (Wildman–Crippen LogP) is 1.95. The van der Waals surface area contributed by atoms with Crippen molar-refractivity contribution in [3.63, 3.8) is 0 Å². The van der Waals surface area contributed by atoms with E-state index < -0.39 is 5.97 Å². The molecule has 3 nitrogen and oxygen atoms in total. The summed E-state index contributed by atoms with van der Waals surface area (Å²) in [5, 5.41) is 11.0. The predicted molar refractivity (Wildman–Crippen MR) is 69.5 cm³/mol. The van der Waals surface area contributed by atoms with E-state index in [1.165, 1.54) is 0 Å². The normalized spacial score (nSPS) is 11.7. The third-order valence-corrected chi connectivity index (χ3v) is 3.42. The highest BCUT2D eigenvalue weighted by atomic mass is 16.4. The van der Waals surface area contributed by atoms with Crippen LogP contribution in [0.2, 0.25) is 0 Å². The van der Waals surface area contributed by atoms with Gasteiger partial charge in [0, 0.05) is 0 Å². The zero-order valence-corrected chi connectivity index (χ0v) is 11.8. The Kier molecular flexibility index (Phi) is 9.14. The average Bonchev–Trinajstić information content (AvgIpc) is 2.30. The molecule has 0 N–H and O–H groups in total. The van der Waals surface area contributed by atoms with Gasteiger partial charge in [0.1, 0.15) is 6.54 Å². The lowest BCUT2D eigenvalue weighted by Crippen LogP contribution is -2.55. The monoisotopic (exact) mass is 243 g/mol. The number of hydrogen-bond acceptors (Lipinski definition) is 2. The van der Waals surface area contributed by atoms with Gasteiger partial charge in [-0.15, -0.1) is 0 Å². The molecule has 0 aromatic heterocycles. The Morgan fingerprint density at radius 1 is 0.882 bits per heavy atom. The van der Waals surface area contributed by atoms with Crippen LogP contribution in [0.3, 0.4) is 0 Å². The third-order valence-electron chi connectivity index (χ3n) is 3.42. The minimum atomic E-state index is -0.895. The molecule has 0 bridgehead atoms. The molecule has 0 aliphatic carbocycles. The van der Waals surface area contributed by atoms with E-state index >= 15 is 0 Å². The molecule has 0 aliphatic rings. The van der Waals surface area contributed by atoms with Gasteiger partial charge in [0.25, 0.3) is 0 Å². The number of carbonyl (C=O) groups excluding carboxylic acids is 1. The van der Waals surface area contributed by atoms with E-state index in [4.69, 9.17) is 0 Å². The molecule has 0 rings (SSSR count). The van der Waals surface area contributed by atoms with Gasteiger partial charge in [0.05, 0.1) is 25.6 Å². The lowest BCUT2D eigenvalue weighted by Gasteiger charge is -2.39. The first kappa shape index (κ1) is 16.4. The summed E-state index contributed by atoms with van der Waals surface area (Å²) in [5.74, 6) is -0.895. The Labute approximate surface area is 106 Å². The van der Waals surface area contributed by atoms with Gasteiger partial charge < -0.3 is 14.4 Å². The van der Waals surface area contributed by atoms with Crippen LogP contribution in [0.5, 0.6) is 0 Å². The van der Waals surface area contributed by atoms with Gasteiger partial charge in [0.2, 0.25) is 0 Å². The number of hydrogen-bond donors (Lipinski definition) is 0. The summed E-state index contributed by atoms with van der Waals surface area (Å²) >= 11 is 0. The van der Waals surface area contributed by atoms with E-state index in [1.807, 2.05) is 0 Å². The van der Waals surface area contributed by atoms with Crippen molar-refractivity contribution in [3.05, 3.63) is 0 Å². The molecular weight excluding hydrogens is 214 g/mol. The van der Waals surface area contributed by atoms with Gasteiger partial charge >= 0.3 is 0 Å². The van der Waals surface area contributed by atoms with Gasteiger partial charge in [0.15, 0.2) is 0 Å². The fourth-order valence-electron chi connectivity index (χ4n) is 2.33. The van der Waals surface area contributed by atoms with E-state index in [9.17, 15) is 9.90 Å². The molecule has 0 aromatic rings. The number of carboxylic acids is 1. The number of aliphatic carboxylic acids is 1. The fourth-order valence-corrected chi connectivity index (χ4v) is 2.33. The van der Waals surface area contributed by atoms with Gasteiger partial charge in [-0.05, 0) is 19.3 Å². The first-order valence-electron chi connectivity index (χ1n) is 7.15. The molecule has 0 spiro atoms. The topological polar surface area (TPSA) is 40.1 Å². The van der Waals surface area contributed by atoms with Crippen LogP contribution >= 0.6 is 0 Å². The van der Waals surface area contributed by atoms with E-state index in [0.29, 0.717) is 0 Å². The smallest absolute Gasteiger partial charge is 0.119 e. The molecule has 0 saturated heterocycles. The number of carboxylic acid groups (broad SMARTS) is 1. The van der Waals surface area contributed by atoms with Gasteiger partial charge in [-0.2, -0.15) is 0 Å². The summed E-state index contributed by atoms with van der Waals surface area (Å²) in [6.07, 6.45) is 6.73. The Morgan fingerprint density at radius 2 is 1.24 bits per heavy atom. The van der Waals surface area contributed by atoms with Crippen molar-refractivity contribution < 1.29 is 14.4 Å². The summed E-state index contributed by atoms with van der Waals surface area (Å²) in [6.45, 7) is 9.65. The first-order chi connectivity index (χ1) is 8.10. The van der Waals surface area contributed by atoms with Crippen molar-refractivity contribution in [2.75, 3.05) is 26.2 Å². The standard InChI is InChI=1S/C14H29NO2/c1-4-7-10-15(11-8-5-2,12-9-6-3)13-14(16)17/h4-13H2,1-3H3. The lowest BCUT2D eigenvalue weighted by atomic mass is 10.1. The maximum Gasteiger partial charge on any atom is 0.119 e. The molecule has 0 heterocycles. The van der Waals surface area contributed by atoms with E-state index in [-0.39, 0.29) is 6.54 Å². The van der Waals surface area contributed by atoms with Crippen LogP contribution in [-0.2, 0) is 4.79 Å². The van der Waals surface area contributed by atoms with Crippen molar-refractivity contribution in [1.82, 2.24) is 0 Å². The van der Waals surface area contributed by atoms with Crippen molar-refractivity contribution >= 4 is 5.97 Å². The molecule has 0 aliphatic heterocycles. The summed E-state index contributed by atoms with van der Waals surface area (Å²) in [4.78, 5) is 11.0. The Morgan fingerprint density at radius 3 is 1.47 bits per heavy atom. The molecule has 0 radical (unpaired) electrons. The number of quaternary nitrogens is 1. The minimum absolute atomic E-state index is 0.194. The first-order valence-corrected chi connectivity index (χ1v) is 7.15. The van der Waals surface area contributed by atoms with Crippen molar-refractivity contribution in [1.29, 1.82) is 0 Å². The van der Waals surface area contributed by atoms with Gasteiger partial charge in [-0.25, -0.2) is 0 Å². The van der Waals surface area contributed by atoms with Gasteiger partial charge in [-0.3, -0.25) is 0 Å². The van der Waals surface area contributed by atoms with Crippen molar-refractivity contribution in [2.45, 2.75) is 59.3 Å². The Hall–Kier alpha value is -0.570. The highest BCUT2D eigenvalue weighted by Crippen LogP contribution is 2.14. The molecule has 0 unspecified atom stereocenters. The summed E-state index contributed by atoms with van der Waals surface area (Å²) in [6, 6.07) is 0. The molecule has 0 saturated carbocycles. The highest BCUT2D eigenvalue weighted by molar-refractivity contribution is 5.65. The summed E-state index contributed by atoms with van der Waals surface area (Å²) < 4.78 is 0.734. The Balaban J connectivity index is 4.56. The summed E-state index contributed by atoms with van der Waals surface area (Å²) in [7, 11) is 0. The zero-order chi connectivity index (χ0) is 13.1. The highest BCUT2D eigenvalue weighted by Gasteiger charge is 2.25. The van der Waals surface area contributed by atoms with Crippen LogP contribution in [-0.4, -0.2) is 36.6 Å². The molecule has 0 fully saturated rings. The molecule has 102 valence electrons. The van der Waals surface area contributed by atoms with Crippen LogP contribution < -0.4 is 5.11 Å². The third kappa shape index (κ3) is 7.37. The van der Waals surface area contributed by atoms with E-state index in [0.717, 1.165) is 62.6 Å². The van der Waals surface area contributed by atoms with Crippen LogP contribution in [0.4, 0.5) is 0 Å². The molecule has 17 heavy (non-hydrogen) atoms. The fraction of sp³-hybridized carbons (Fsp3) is 0.929. The van der Waals surface area contributed by atoms with Crippen molar-refractivity contribution in [3.8, 4) is 0 Å². The molecule has 3 heteroatoms. The molecule has 0 amide bonds. The molecule has 0 atom stereocenters. The second-order valence-corrected chi connectivity index (χ2v) is 5.10. The van der Waals surface area contributed by atoms with Crippen LogP contribution in [0.1, 0.15) is 59.3 Å².